The van der Waals surface area contributed by atoms with Crippen LogP contribution in [0.3, 0.4) is 0 Å². The number of benzene rings is 1. The summed E-state index contributed by atoms with van der Waals surface area (Å²) in [6, 6.07) is 13.6. The van der Waals surface area contributed by atoms with E-state index in [-0.39, 0.29) is 5.69 Å². The molecule has 1 aromatic carbocycles. The third-order valence-corrected chi connectivity index (χ3v) is 4.03. The van der Waals surface area contributed by atoms with Gasteiger partial charge in [-0.2, -0.15) is 5.10 Å². The number of aromatic nitrogens is 3. The first-order valence-corrected chi connectivity index (χ1v) is 8.55. The molecular formula is C21H21N3O2. The van der Waals surface area contributed by atoms with Crippen molar-refractivity contribution in [3.63, 3.8) is 0 Å². The predicted octanol–water partition coefficient (Wildman–Crippen LogP) is 4.55. The molecule has 0 fully saturated rings. The van der Waals surface area contributed by atoms with Gasteiger partial charge in [0.05, 0.1) is 18.5 Å². The summed E-state index contributed by atoms with van der Waals surface area (Å²) in [5.74, 6) is -0.478. The standard InChI is InChI=1S/C21H21N3O2/c1-4-6-10-15(5-2)19-13-17(16-11-8-7-9-12-16)22-20-14-18(21(25)26-3)23-24(19)20/h5-14H,4H2,1-3H3/b10-6-,15-5+. The van der Waals surface area contributed by atoms with E-state index < -0.39 is 5.97 Å². The van der Waals surface area contributed by atoms with Crippen LogP contribution in [0.5, 0.6) is 0 Å². The van der Waals surface area contributed by atoms with E-state index in [1.165, 1.54) is 7.11 Å². The molecule has 0 aliphatic heterocycles. The largest absolute Gasteiger partial charge is 0.464 e. The van der Waals surface area contributed by atoms with Gasteiger partial charge in [0.15, 0.2) is 11.3 Å². The van der Waals surface area contributed by atoms with Crippen LogP contribution >= 0.6 is 0 Å². The number of rotatable bonds is 5. The monoisotopic (exact) mass is 347 g/mol. The smallest absolute Gasteiger partial charge is 0.358 e. The minimum atomic E-state index is -0.478. The molecule has 3 rings (SSSR count). The Morgan fingerprint density at radius 2 is 2.00 bits per heavy atom. The van der Waals surface area contributed by atoms with Crippen LogP contribution in [0, 0.1) is 0 Å². The van der Waals surface area contributed by atoms with E-state index in [0.717, 1.165) is 28.9 Å². The van der Waals surface area contributed by atoms with E-state index >= 15 is 0 Å². The molecule has 5 heteroatoms. The van der Waals surface area contributed by atoms with Crippen LogP contribution < -0.4 is 0 Å². The lowest BCUT2D eigenvalue weighted by Crippen LogP contribution is -2.04. The molecule has 0 N–H and O–H groups in total. The number of allylic oxidation sites excluding steroid dienone is 4. The Bertz CT molecular complexity index is 985. The maximum Gasteiger partial charge on any atom is 0.358 e. The van der Waals surface area contributed by atoms with Gasteiger partial charge < -0.3 is 4.74 Å². The average molecular weight is 347 g/mol. The van der Waals surface area contributed by atoms with Crippen LogP contribution in [0.1, 0.15) is 36.5 Å². The first-order valence-electron chi connectivity index (χ1n) is 8.55. The molecule has 0 radical (unpaired) electrons. The Hall–Kier alpha value is -3.21. The lowest BCUT2D eigenvalue weighted by atomic mass is 10.1. The number of ether oxygens (including phenoxy) is 1. The highest BCUT2D eigenvalue weighted by molar-refractivity contribution is 5.89. The molecule has 0 atom stereocenters. The van der Waals surface area contributed by atoms with Crippen molar-refractivity contribution in [2.24, 2.45) is 0 Å². The number of hydrogen-bond acceptors (Lipinski definition) is 4. The van der Waals surface area contributed by atoms with Gasteiger partial charge in [-0.1, -0.05) is 55.5 Å². The molecule has 0 spiro atoms. The van der Waals surface area contributed by atoms with Crippen molar-refractivity contribution < 1.29 is 9.53 Å². The molecule has 0 saturated heterocycles. The van der Waals surface area contributed by atoms with Gasteiger partial charge in [0.25, 0.3) is 0 Å². The van der Waals surface area contributed by atoms with Gasteiger partial charge in [-0.3, -0.25) is 0 Å². The predicted molar refractivity (Wildman–Crippen MR) is 103 cm³/mol. The number of esters is 1. The van der Waals surface area contributed by atoms with Crippen LogP contribution in [0.25, 0.3) is 22.5 Å². The molecule has 0 bridgehead atoms. The quantitative estimate of drug-likeness (QED) is 0.502. The molecule has 0 amide bonds. The molecule has 2 heterocycles. The Labute approximate surface area is 152 Å². The summed E-state index contributed by atoms with van der Waals surface area (Å²) in [7, 11) is 1.34. The lowest BCUT2D eigenvalue weighted by Gasteiger charge is -2.09. The van der Waals surface area contributed by atoms with Crippen LogP contribution in [0.2, 0.25) is 0 Å². The summed E-state index contributed by atoms with van der Waals surface area (Å²) in [6.45, 7) is 4.07. The second kappa shape index (κ2) is 7.78. The number of carbonyl (C=O) groups excluding carboxylic acids is 1. The maximum absolute atomic E-state index is 11.9. The SMILES string of the molecule is C/C=C(\C=C/CC)c1cc(-c2ccccc2)nc2cc(C(=O)OC)nn12. The van der Waals surface area contributed by atoms with E-state index in [4.69, 9.17) is 4.74 Å². The molecule has 0 saturated carbocycles. The highest BCUT2D eigenvalue weighted by atomic mass is 16.5. The zero-order chi connectivity index (χ0) is 18.5. The zero-order valence-corrected chi connectivity index (χ0v) is 15.1. The van der Waals surface area contributed by atoms with Crippen LogP contribution in [-0.2, 0) is 4.74 Å². The molecule has 26 heavy (non-hydrogen) atoms. The molecule has 3 aromatic rings. The fraction of sp³-hybridized carbons (Fsp3) is 0.190. The highest BCUT2D eigenvalue weighted by Crippen LogP contribution is 2.25. The van der Waals surface area contributed by atoms with E-state index in [1.807, 2.05) is 49.4 Å². The maximum atomic E-state index is 11.9. The molecule has 0 unspecified atom stereocenters. The number of fused-ring (bicyclic) bond motifs is 1. The normalized spacial score (nSPS) is 12.0. The Balaban J connectivity index is 2.26. The summed E-state index contributed by atoms with van der Waals surface area (Å²) >= 11 is 0. The van der Waals surface area contributed by atoms with Crippen molar-refractivity contribution >= 4 is 17.2 Å². The van der Waals surface area contributed by atoms with E-state index in [9.17, 15) is 4.79 Å². The summed E-state index contributed by atoms with van der Waals surface area (Å²) in [4.78, 5) is 16.6. The fourth-order valence-electron chi connectivity index (χ4n) is 2.72. The Morgan fingerprint density at radius 1 is 1.23 bits per heavy atom. The fourth-order valence-corrected chi connectivity index (χ4v) is 2.72. The van der Waals surface area contributed by atoms with Gasteiger partial charge in [0.2, 0.25) is 0 Å². The number of hydrogen-bond donors (Lipinski definition) is 0. The zero-order valence-electron chi connectivity index (χ0n) is 15.1. The Kier molecular flexibility index (Phi) is 5.27. The van der Waals surface area contributed by atoms with Crippen LogP contribution in [0.15, 0.2) is 60.7 Å². The van der Waals surface area contributed by atoms with Gasteiger partial charge in [0, 0.05) is 11.6 Å². The molecule has 5 nitrogen and oxygen atoms in total. The van der Waals surface area contributed by atoms with Crippen molar-refractivity contribution in [3.05, 3.63) is 72.1 Å². The average Bonchev–Trinajstić information content (AvgIpc) is 3.12. The van der Waals surface area contributed by atoms with Crippen molar-refractivity contribution in [3.8, 4) is 11.3 Å². The third kappa shape index (κ3) is 3.42. The first-order chi connectivity index (χ1) is 12.7. The second-order valence-corrected chi connectivity index (χ2v) is 5.74. The van der Waals surface area contributed by atoms with Crippen LogP contribution in [0.4, 0.5) is 0 Å². The molecular weight excluding hydrogens is 326 g/mol. The second-order valence-electron chi connectivity index (χ2n) is 5.74. The third-order valence-electron chi connectivity index (χ3n) is 4.03. The van der Waals surface area contributed by atoms with Gasteiger partial charge in [-0.15, -0.1) is 0 Å². The molecule has 2 aromatic heterocycles. The highest BCUT2D eigenvalue weighted by Gasteiger charge is 2.16. The van der Waals surface area contributed by atoms with E-state index in [1.54, 1.807) is 10.6 Å². The van der Waals surface area contributed by atoms with Crippen LogP contribution in [-0.4, -0.2) is 27.7 Å². The summed E-state index contributed by atoms with van der Waals surface area (Å²) in [6.07, 6.45) is 7.11. The summed E-state index contributed by atoms with van der Waals surface area (Å²) < 4.78 is 6.49. The molecule has 132 valence electrons. The Morgan fingerprint density at radius 3 is 2.65 bits per heavy atom. The van der Waals surface area contributed by atoms with Crippen molar-refractivity contribution in [2.45, 2.75) is 20.3 Å². The summed E-state index contributed by atoms with van der Waals surface area (Å²) in [5, 5.41) is 4.40. The van der Waals surface area contributed by atoms with Crippen molar-refractivity contribution in [1.82, 2.24) is 14.6 Å². The van der Waals surface area contributed by atoms with Gasteiger partial charge in [-0.25, -0.2) is 14.3 Å². The van der Waals surface area contributed by atoms with Gasteiger partial charge in [-0.05, 0) is 25.0 Å². The molecule has 0 aliphatic carbocycles. The van der Waals surface area contributed by atoms with E-state index in [2.05, 4.69) is 29.2 Å². The lowest BCUT2D eigenvalue weighted by molar-refractivity contribution is 0.0593. The number of nitrogens with zero attached hydrogens (tertiary/aromatic N) is 3. The van der Waals surface area contributed by atoms with Gasteiger partial charge >= 0.3 is 5.97 Å². The van der Waals surface area contributed by atoms with E-state index in [0.29, 0.717) is 5.65 Å². The van der Waals surface area contributed by atoms with Crippen molar-refractivity contribution in [2.75, 3.05) is 7.11 Å². The van der Waals surface area contributed by atoms with Crippen molar-refractivity contribution in [1.29, 1.82) is 0 Å². The first kappa shape index (κ1) is 17.6. The topological polar surface area (TPSA) is 56.5 Å². The van der Waals surface area contributed by atoms with Gasteiger partial charge in [0.1, 0.15) is 0 Å². The minimum absolute atomic E-state index is 0.237. The summed E-state index contributed by atoms with van der Waals surface area (Å²) in [5.41, 5.74) is 4.56. The number of carbonyl (C=O) groups is 1. The molecule has 0 aliphatic rings. The minimum Gasteiger partial charge on any atom is -0.464 e. The number of methoxy groups -OCH3 is 1.